The molecule has 0 saturated carbocycles. The van der Waals surface area contributed by atoms with E-state index in [2.05, 4.69) is 20.7 Å². The lowest BCUT2D eigenvalue weighted by Gasteiger charge is -2.37. The number of rotatable bonds is 6. The predicted octanol–water partition coefficient (Wildman–Crippen LogP) is 1.13. The van der Waals surface area contributed by atoms with Crippen molar-refractivity contribution in [2.75, 3.05) is 33.4 Å². The number of amides is 1. The number of aryl methyl sites for hydroxylation is 2. The van der Waals surface area contributed by atoms with Crippen LogP contribution in [0.15, 0.2) is 16.8 Å². The molecule has 25 heavy (non-hydrogen) atoms. The Morgan fingerprint density at radius 3 is 2.88 bits per heavy atom. The molecule has 0 spiro atoms. The zero-order valence-corrected chi connectivity index (χ0v) is 15.0. The number of oxazole rings is 1. The van der Waals surface area contributed by atoms with E-state index in [0.717, 1.165) is 31.5 Å². The van der Waals surface area contributed by atoms with E-state index in [-0.39, 0.29) is 11.3 Å². The van der Waals surface area contributed by atoms with Gasteiger partial charge in [0.25, 0.3) is 5.91 Å². The summed E-state index contributed by atoms with van der Waals surface area (Å²) in [6.07, 6.45) is 5.41. The van der Waals surface area contributed by atoms with Crippen molar-refractivity contribution in [1.82, 2.24) is 25.4 Å². The first-order valence-corrected chi connectivity index (χ1v) is 8.47. The Bertz CT molecular complexity index is 725. The number of hydrogen-bond donors (Lipinski definition) is 2. The number of hydrogen-bond acceptors (Lipinski definition) is 6. The summed E-state index contributed by atoms with van der Waals surface area (Å²) in [5.74, 6) is 0.692. The van der Waals surface area contributed by atoms with E-state index < -0.39 is 0 Å². The van der Waals surface area contributed by atoms with Crippen LogP contribution in [0.3, 0.4) is 0 Å². The van der Waals surface area contributed by atoms with Crippen LogP contribution in [0.4, 0.5) is 0 Å². The zero-order chi connectivity index (χ0) is 17.9. The van der Waals surface area contributed by atoms with Crippen LogP contribution in [0.1, 0.15) is 29.1 Å². The van der Waals surface area contributed by atoms with Gasteiger partial charge < -0.3 is 19.8 Å². The van der Waals surface area contributed by atoms with Gasteiger partial charge in [0.15, 0.2) is 5.69 Å². The molecule has 0 aliphatic carbocycles. The smallest absolute Gasteiger partial charge is 0.273 e. The van der Waals surface area contributed by atoms with Gasteiger partial charge >= 0.3 is 0 Å². The molecule has 0 radical (unpaired) electrons. The standard InChI is InChI=1S/C17H25N5O3/c1-12-14(21-16(25-12)13-8-20-22(2)9-13)15(23)19-10-17(11-24-3)4-6-18-7-5-17/h8-9,18H,4-7,10-11H2,1-3H3,(H,19,23). The average molecular weight is 347 g/mol. The molecular weight excluding hydrogens is 322 g/mol. The highest BCUT2D eigenvalue weighted by Gasteiger charge is 2.33. The Kier molecular flexibility index (Phi) is 5.19. The first-order valence-electron chi connectivity index (χ1n) is 8.47. The van der Waals surface area contributed by atoms with Crippen molar-refractivity contribution in [3.05, 3.63) is 23.8 Å². The van der Waals surface area contributed by atoms with Gasteiger partial charge in [-0.2, -0.15) is 5.10 Å². The predicted molar refractivity (Wildman–Crippen MR) is 92.2 cm³/mol. The molecule has 1 aliphatic heterocycles. The number of nitrogens with one attached hydrogen (secondary N) is 2. The van der Waals surface area contributed by atoms with Gasteiger partial charge in [0.05, 0.1) is 18.4 Å². The van der Waals surface area contributed by atoms with Gasteiger partial charge in [-0.25, -0.2) is 4.98 Å². The highest BCUT2D eigenvalue weighted by atomic mass is 16.5. The van der Waals surface area contributed by atoms with E-state index in [0.29, 0.717) is 30.5 Å². The Morgan fingerprint density at radius 2 is 2.24 bits per heavy atom. The van der Waals surface area contributed by atoms with E-state index in [9.17, 15) is 4.79 Å². The zero-order valence-electron chi connectivity index (χ0n) is 15.0. The molecule has 8 nitrogen and oxygen atoms in total. The molecule has 1 aliphatic rings. The summed E-state index contributed by atoms with van der Waals surface area (Å²) in [6.45, 7) is 4.82. The minimum absolute atomic E-state index is 0.0283. The van der Waals surface area contributed by atoms with Gasteiger partial charge in [0.2, 0.25) is 5.89 Å². The molecule has 3 rings (SSSR count). The number of methoxy groups -OCH3 is 1. The maximum Gasteiger partial charge on any atom is 0.273 e. The molecule has 0 unspecified atom stereocenters. The normalized spacial score (nSPS) is 16.8. The Balaban J connectivity index is 1.69. The van der Waals surface area contributed by atoms with Gasteiger partial charge in [-0.15, -0.1) is 0 Å². The highest BCUT2D eigenvalue weighted by Crippen LogP contribution is 2.28. The lowest BCUT2D eigenvalue weighted by molar-refractivity contribution is 0.0510. The molecule has 0 atom stereocenters. The van der Waals surface area contributed by atoms with E-state index in [1.54, 1.807) is 31.1 Å². The Morgan fingerprint density at radius 1 is 1.48 bits per heavy atom. The van der Waals surface area contributed by atoms with Gasteiger partial charge in [-0.1, -0.05) is 0 Å². The fourth-order valence-corrected chi connectivity index (χ4v) is 3.25. The fourth-order valence-electron chi connectivity index (χ4n) is 3.25. The molecule has 8 heteroatoms. The second-order valence-electron chi connectivity index (χ2n) is 6.69. The number of nitrogens with zero attached hydrogens (tertiary/aromatic N) is 3. The first-order chi connectivity index (χ1) is 12.0. The molecule has 1 saturated heterocycles. The number of carbonyl (C=O) groups is 1. The summed E-state index contributed by atoms with van der Waals surface area (Å²) in [6, 6.07) is 0. The van der Waals surface area contributed by atoms with E-state index in [4.69, 9.17) is 9.15 Å². The monoisotopic (exact) mass is 347 g/mol. The van der Waals surface area contributed by atoms with Gasteiger partial charge in [-0.05, 0) is 32.9 Å². The van der Waals surface area contributed by atoms with E-state index in [1.807, 2.05) is 7.05 Å². The van der Waals surface area contributed by atoms with Crippen molar-refractivity contribution in [1.29, 1.82) is 0 Å². The van der Waals surface area contributed by atoms with Crippen molar-refractivity contribution < 1.29 is 13.9 Å². The third kappa shape index (κ3) is 3.91. The van der Waals surface area contributed by atoms with Gasteiger partial charge in [0.1, 0.15) is 5.76 Å². The van der Waals surface area contributed by atoms with Crippen LogP contribution in [0, 0.1) is 12.3 Å². The van der Waals surface area contributed by atoms with Crippen molar-refractivity contribution in [2.45, 2.75) is 19.8 Å². The maximum atomic E-state index is 12.6. The molecule has 1 amide bonds. The van der Waals surface area contributed by atoms with Crippen LogP contribution in [0.2, 0.25) is 0 Å². The van der Waals surface area contributed by atoms with Crippen LogP contribution in [-0.2, 0) is 11.8 Å². The average Bonchev–Trinajstić information content (AvgIpc) is 3.20. The van der Waals surface area contributed by atoms with Crippen molar-refractivity contribution in [3.8, 4) is 11.5 Å². The number of aromatic nitrogens is 3. The van der Waals surface area contributed by atoms with Crippen LogP contribution < -0.4 is 10.6 Å². The minimum atomic E-state index is -0.217. The van der Waals surface area contributed by atoms with Crippen molar-refractivity contribution >= 4 is 5.91 Å². The molecule has 2 aromatic heterocycles. The van der Waals surface area contributed by atoms with Crippen LogP contribution in [-0.4, -0.2) is 54.0 Å². The third-order valence-corrected chi connectivity index (χ3v) is 4.70. The van der Waals surface area contributed by atoms with Gasteiger partial charge in [-0.3, -0.25) is 9.48 Å². The summed E-state index contributed by atoms with van der Waals surface area (Å²) in [5.41, 5.74) is 1.04. The SMILES string of the molecule is COCC1(CNC(=O)c2nc(-c3cnn(C)c3)oc2C)CCNCC1. The number of carbonyl (C=O) groups excluding carboxylic acids is 1. The molecule has 136 valence electrons. The molecule has 0 aromatic carbocycles. The summed E-state index contributed by atoms with van der Waals surface area (Å²) < 4.78 is 12.7. The molecule has 2 aromatic rings. The fraction of sp³-hybridized carbons (Fsp3) is 0.588. The Labute approximate surface area is 146 Å². The second-order valence-corrected chi connectivity index (χ2v) is 6.69. The van der Waals surface area contributed by atoms with E-state index >= 15 is 0 Å². The summed E-state index contributed by atoms with van der Waals surface area (Å²) in [7, 11) is 3.52. The van der Waals surface area contributed by atoms with Crippen molar-refractivity contribution in [3.63, 3.8) is 0 Å². The topological polar surface area (TPSA) is 94.2 Å². The highest BCUT2D eigenvalue weighted by molar-refractivity contribution is 5.93. The minimum Gasteiger partial charge on any atom is -0.440 e. The molecule has 3 heterocycles. The summed E-state index contributed by atoms with van der Waals surface area (Å²) in [4.78, 5) is 16.9. The van der Waals surface area contributed by atoms with Crippen LogP contribution >= 0.6 is 0 Å². The quantitative estimate of drug-likeness (QED) is 0.813. The Hall–Kier alpha value is -2.19. The van der Waals surface area contributed by atoms with Crippen LogP contribution in [0.25, 0.3) is 11.5 Å². The third-order valence-electron chi connectivity index (χ3n) is 4.70. The lowest BCUT2D eigenvalue weighted by Crippen LogP contribution is -2.47. The number of piperidine rings is 1. The molecule has 2 N–H and O–H groups in total. The largest absolute Gasteiger partial charge is 0.440 e. The van der Waals surface area contributed by atoms with Crippen molar-refractivity contribution in [2.24, 2.45) is 12.5 Å². The summed E-state index contributed by atoms with van der Waals surface area (Å²) in [5, 5.41) is 10.5. The van der Waals surface area contributed by atoms with Gasteiger partial charge in [0, 0.05) is 32.3 Å². The maximum absolute atomic E-state index is 12.6. The molecule has 0 bridgehead atoms. The number of ether oxygens (including phenoxy) is 1. The van der Waals surface area contributed by atoms with E-state index in [1.165, 1.54) is 0 Å². The lowest BCUT2D eigenvalue weighted by atomic mass is 9.79. The molecular formula is C17H25N5O3. The summed E-state index contributed by atoms with van der Waals surface area (Å²) >= 11 is 0. The van der Waals surface area contributed by atoms with Crippen LogP contribution in [0.5, 0.6) is 0 Å². The second kappa shape index (κ2) is 7.37. The first kappa shape index (κ1) is 17.6. The molecule has 1 fully saturated rings.